The quantitative estimate of drug-likeness (QED) is 0.592. The summed E-state index contributed by atoms with van der Waals surface area (Å²) in [6, 6.07) is 7.59. The molecule has 3 heterocycles. The van der Waals surface area contributed by atoms with E-state index in [1.54, 1.807) is 22.6 Å². The van der Waals surface area contributed by atoms with Crippen LogP contribution in [0.1, 0.15) is 38.8 Å². The largest absolute Gasteiger partial charge is 0.497 e. The molecule has 3 aromatic rings. The Balaban J connectivity index is 1.44. The first kappa shape index (κ1) is 21.4. The van der Waals surface area contributed by atoms with Gasteiger partial charge in [0.2, 0.25) is 5.91 Å². The molecule has 8 nitrogen and oxygen atoms in total. The second kappa shape index (κ2) is 8.37. The summed E-state index contributed by atoms with van der Waals surface area (Å²) in [7, 11) is 1.64. The molecule has 0 saturated heterocycles. The molecule has 1 N–H and O–H groups in total. The molecule has 164 valence electrons. The highest BCUT2D eigenvalue weighted by Crippen LogP contribution is 2.33. The van der Waals surface area contributed by atoms with Crippen molar-refractivity contribution in [1.29, 1.82) is 0 Å². The van der Waals surface area contributed by atoms with Gasteiger partial charge in [-0.25, -0.2) is 9.67 Å². The van der Waals surface area contributed by atoms with Gasteiger partial charge in [0.05, 0.1) is 24.9 Å². The summed E-state index contributed by atoms with van der Waals surface area (Å²) in [5.41, 5.74) is 1.29. The van der Waals surface area contributed by atoms with Crippen molar-refractivity contribution in [2.75, 3.05) is 19.4 Å². The SMILES string of the molecule is COc1cccc(CCNC(=O)CC2CSc3nc4c(cnn4C(C)(C)C)c(=O)n32)c1. The Labute approximate surface area is 185 Å². The van der Waals surface area contributed by atoms with Crippen molar-refractivity contribution >= 4 is 28.7 Å². The van der Waals surface area contributed by atoms with Gasteiger partial charge in [-0.05, 0) is 44.9 Å². The number of fused-ring (bicyclic) bond motifs is 2. The number of methoxy groups -OCH3 is 1. The number of hydrogen-bond donors (Lipinski definition) is 1. The normalized spacial score (nSPS) is 15.8. The van der Waals surface area contributed by atoms with E-state index in [1.807, 2.05) is 45.0 Å². The number of rotatable bonds is 6. The molecule has 1 unspecified atom stereocenters. The number of benzene rings is 1. The lowest BCUT2D eigenvalue weighted by Crippen LogP contribution is -2.32. The van der Waals surface area contributed by atoms with E-state index in [-0.39, 0.29) is 29.5 Å². The molecule has 1 atom stereocenters. The third kappa shape index (κ3) is 4.32. The van der Waals surface area contributed by atoms with Crippen LogP contribution in [0.15, 0.2) is 40.4 Å². The van der Waals surface area contributed by atoms with Crippen LogP contribution in [0.25, 0.3) is 11.0 Å². The number of amides is 1. The first-order chi connectivity index (χ1) is 14.8. The van der Waals surface area contributed by atoms with Gasteiger partial charge in [0.25, 0.3) is 5.56 Å². The predicted molar refractivity (Wildman–Crippen MR) is 121 cm³/mol. The number of nitrogens with zero attached hydrogens (tertiary/aromatic N) is 4. The van der Waals surface area contributed by atoms with Crippen LogP contribution in [0.5, 0.6) is 5.75 Å². The zero-order valence-corrected chi connectivity index (χ0v) is 19.0. The Morgan fingerprint density at radius 3 is 2.90 bits per heavy atom. The Kier molecular flexibility index (Phi) is 5.79. The zero-order chi connectivity index (χ0) is 22.2. The lowest BCUT2D eigenvalue weighted by Gasteiger charge is -2.20. The fraction of sp³-hybridized carbons (Fsp3) is 0.455. The van der Waals surface area contributed by atoms with Crippen LogP contribution in [0, 0.1) is 0 Å². The zero-order valence-electron chi connectivity index (χ0n) is 18.2. The fourth-order valence-electron chi connectivity index (χ4n) is 3.73. The van der Waals surface area contributed by atoms with Crippen LogP contribution in [0.2, 0.25) is 0 Å². The molecule has 0 radical (unpaired) electrons. The van der Waals surface area contributed by atoms with Gasteiger partial charge in [0, 0.05) is 18.7 Å². The topological polar surface area (TPSA) is 91.0 Å². The number of thioether (sulfide) groups is 1. The second-order valence-electron chi connectivity index (χ2n) is 8.65. The van der Waals surface area contributed by atoms with E-state index in [1.165, 1.54) is 11.8 Å². The number of ether oxygens (including phenoxy) is 1. The summed E-state index contributed by atoms with van der Waals surface area (Å²) in [6.45, 7) is 6.61. The van der Waals surface area contributed by atoms with E-state index in [9.17, 15) is 9.59 Å². The molecule has 9 heteroatoms. The summed E-state index contributed by atoms with van der Waals surface area (Å²) >= 11 is 1.51. The van der Waals surface area contributed by atoms with Gasteiger partial charge >= 0.3 is 0 Å². The van der Waals surface area contributed by atoms with Crippen molar-refractivity contribution in [3.63, 3.8) is 0 Å². The Bertz CT molecular complexity index is 1180. The minimum Gasteiger partial charge on any atom is -0.497 e. The average molecular weight is 442 g/mol. The van der Waals surface area contributed by atoms with E-state index >= 15 is 0 Å². The third-order valence-corrected chi connectivity index (χ3v) is 6.39. The minimum absolute atomic E-state index is 0.0706. The first-order valence-electron chi connectivity index (χ1n) is 10.3. The Morgan fingerprint density at radius 1 is 1.35 bits per heavy atom. The molecule has 0 bridgehead atoms. The fourth-order valence-corrected chi connectivity index (χ4v) is 4.86. The van der Waals surface area contributed by atoms with Gasteiger partial charge in [-0.3, -0.25) is 14.2 Å². The highest BCUT2D eigenvalue weighted by Gasteiger charge is 2.30. The highest BCUT2D eigenvalue weighted by atomic mass is 32.2. The molecular formula is C22H27N5O3S. The summed E-state index contributed by atoms with van der Waals surface area (Å²) < 4.78 is 8.67. The number of hydrogen-bond acceptors (Lipinski definition) is 6. The van der Waals surface area contributed by atoms with Gasteiger partial charge in [-0.1, -0.05) is 23.9 Å². The van der Waals surface area contributed by atoms with Crippen molar-refractivity contribution in [1.82, 2.24) is 24.6 Å². The summed E-state index contributed by atoms with van der Waals surface area (Å²) in [4.78, 5) is 30.4. The van der Waals surface area contributed by atoms with Crippen LogP contribution in [-0.4, -0.2) is 44.6 Å². The Hall–Kier alpha value is -2.81. The number of carbonyl (C=O) groups excluding carboxylic acids is 1. The lowest BCUT2D eigenvalue weighted by atomic mass is 10.1. The molecule has 1 aliphatic rings. The van der Waals surface area contributed by atoms with Crippen molar-refractivity contribution in [3.8, 4) is 5.75 Å². The second-order valence-corrected chi connectivity index (χ2v) is 9.64. The lowest BCUT2D eigenvalue weighted by molar-refractivity contribution is -0.121. The van der Waals surface area contributed by atoms with Gasteiger partial charge in [0.1, 0.15) is 11.1 Å². The molecule has 1 aromatic carbocycles. The molecule has 1 aliphatic heterocycles. The van der Waals surface area contributed by atoms with Crippen LogP contribution < -0.4 is 15.6 Å². The molecule has 0 saturated carbocycles. The average Bonchev–Trinajstić information content (AvgIpc) is 3.33. The van der Waals surface area contributed by atoms with Crippen molar-refractivity contribution < 1.29 is 9.53 Å². The molecule has 4 rings (SSSR count). The van der Waals surface area contributed by atoms with E-state index in [0.717, 1.165) is 11.3 Å². The molecule has 1 amide bonds. The van der Waals surface area contributed by atoms with Crippen molar-refractivity contribution in [2.45, 2.75) is 50.4 Å². The standard InChI is InChI=1S/C22H27N5O3S/c1-22(2,3)27-19-17(12-24-27)20(29)26-15(13-31-21(26)25-19)11-18(28)23-9-8-14-6-5-7-16(10-14)30-4/h5-7,10,12,15H,8-9,11,13H2,1-4H3,(H,23,28). The summed E-state index contributed by atoms with van der Waals surface area (Å²) in [6.07, 6.45) is 2.54. The van der Waals surface area contributed by atoms with Gasteiger partial charge < -0.3 is 10.1 Å². The van der Waals surface area contributed by atoms with E-state index in [0.29, 0.717) is 34.9 Å². The number of aromatic nitrogens is 4. The van der Waals surface area contributed by atoms with E-state index in [4.69, 9.17) is 9.72 Å². The smallest absolute Gasteiger partial charge is 0.265 e. The molecule has 2 aromatic heterocycles. The molecular weight excluding hydrogens is 414 g/mol. The molecule has 31 heavy (non-hydrogen) atoms. The monoisotopic (exact) mass is 441 g/mol. The molecule has 0 aliphatic carbocycles. The third-order valence-electron chi connectivity index (χ3n) is 5.30. The van der Waals surface area contributed by atoms with Crippen molar-refractivity contribution in [2.24, 2.45) is 0 Å². The van der Waals surface area contributed by atoms with Crippen LogP contribution in [0.3, 0.4) is 0 Å². The van der Waals surface area contributed by atoms with Gasteiger partial charge in [-0.15, -0.1) is 0 Å². The van der Waals surface area contributed by atoms with E-state index < -0.39 is 0 Å². The first-order valence-corrected chi connectivity index (χ1v) is 11.3. The van der Waals surface area contributed by atoms with Crippen molar-refractivity contribution in [3.05, 3.63) is 46.4 Å². The maximum atomic E-state index is 13.1. The number of nitrogens with one attached hydrogen (secondary N) is 1. The highest BCUT2D eigenvalue weighted by molar-refractivity contribution is 7.99. The predicted octanol–water partition coefficient (Wildman–Crippen LogP) is 2.75. The molecule has 0 spiro atoms. The van der Waals surface area contributed by atoms with Crippen LogP contribution in [-0.2, 0) is 16.8 Å². The Morgan fingerprint density at radius 2 is 2.16 bits per heavy atom. The van der Waals surface area contributed by atoms with Gasteiger partial charge in [0.15, 0.2) is 10.8 Å². The molecule has 0 fully saturated rings. The maximum absolute atomic E-state index is 13.1. The minimum atomic E-state index is -0.272. The van der Waals surface area contributed by atoms with Crippen LogP contribution >= 0.6 is 11.8 Å². The van der Waals surface area contributed by atoms with Crippen LogP contribution in [0.4, 0.5) is 0 Å². The maximum Gasteiger partial charge on any atom is 0.265 e. The number of carbonyl (C=O) groups is 1. The summed E-state index contributed by atoms with van der Waals surface area (Å²) in [5, 5.41) is 8.49. The van der Waals surface area contributed by atoms with Gasteiger partial charge in [-0.2, -0.15) is 5.10 Å². The summed E-state index contributed by atoms with van der Waals surface area (Å²) in [5.74, 6) is 1.39. The van der Waals surface area contributed by atoms with E-state index in [2.05, 4.69) is 10.4 Å².